The van der Waals surface area contributed by atoms with Gasteiger partial charge in [-0.3, -0.25) is 9.78 Å². The molecule has 2 rings (SSSR count). The van der Waals surface area contributed by atoms with Gasteiger partial charge < -0.3 is 10.4 Å². The molecule has 0 saturated carbocycles. The van der Waals surface area contributed by atoms with Gasteiger partial charge in [0.15, 0.2) is 0 Å². The molecule has 0 spiro atoms. The van der Waals surface area contributed by atoms with Gasteiger partial charge in [0.2, 0.25) is 5.91 Å². The number of aromatic carboxylic acids is 1. The Bertz CT molecular complexity index is 594. The predicted octanol–water partition coefficient (Wildman–Crippen LogP) is 1.64. The Morgan fingerprint density at radius 2 is 1.65 bits per heavy atom. The Labute approximate surface area is 116 Å². The highest BCUT2D eigenvalue weighted by Crippen LogP contribution is 2.04. The van der Waals surface area contributed by atoms with Crippen LogP contribution in [0.25, 0.3) is 0 Å². The van der Waals surface area contributed by atoms with Crippen molar-refractivity contribution in [2.45, 2.75) is 13.0 Å². The van der Waals surface area contributed by atoms with Crippen molar-refractivity contribution in [1.82, 2.24) is 10.3 Å². The van der Waals surface area contributed by atoms with E-state index in [4.69, 9.17) is 5.11 Å². The summed E-state index contributed by atoms with van der Waals surface area (Å²) in [7, 11) is 0. The summed E-state index contributed by atoms with van der Waals surface area (Å²) in [4.78, 5) is 26.3. The zero-order valence-corrected chi connectivity index (χ0v) is 10.7. The van der Waals surface area contributed by atoms with E-state index in [-0.39, 0.29) is 11.5 Å². The molecule has 1 amide bonds. The fraction of sp³-hybridized carbons (Fsp3) is 0.133. The number of rotatable bonds is 5. The number of nitrogens with zero attached hydrogens (tertiary/aromatic N) is 1. The third-order valence-electron chi connectivity index (χ3n) is 2.80. The first kappa shape index (κ1) is 13.7. The Kier molecular flexibility index (Phi) is 4.44. The topological polar surface area (TPSA) is 79.3 Å². The first-order valence-corrected chi connectivity index (χ1v) is 6.13. The lowest BCUT2D eigenvalue weighted by Crippen LogP contribution is -2.24. The van der Waals surface area contributed by atoms with Crippen LogP contribution in [0.15, 0.2) is 48.8 Å². The predicted molar refractivity (Wildman–Crippen MR) is 73.2 cm³/mol. The fourth-order valence-corrected chi connectivity index (χ4v) is 1.71. The zero-order chi connectivity index (χ0) is 14.4. The zero-order valence-electron chi connectivity index (χ0n) is 10.7. The van der Waals surface area contributed by atoms with Crippen LogP contribution in [0, 0.1) is 0 Å². The van der Waals surface area contributed by atoms with Gasteiger partial charge in [-0.2, -0.15) is 0 Å². The van der Waals surface area contributed by atoms with E-state index in [9.17, 15) is 9.59 Å². The van der Waals surface area contributed by atoms with E-state index in [1.165, 1.54) is 12.1 Å². The quantitative estimate of drug-likeness (QED) is 0.865. The molecule has 5 nitrogen and oxygen atoms in total. The molecule has 1 heterocycles. The normalized spacial score (nSPS) is 10.0. The Morgan fingerprint density at radius 3 is 2.25 bits per heavy atom. The second-order valence-corrected chi connectivity index (χ2v) is 4.31. The maximum absolute atomic E-state index is 11.7. The number of pyridine rings is 1. The number of carboxylic acid groups (broad SMARTS) is 1. The summed E-state index contributed by atoms with van der Waals surface area (Å²) in [6.07, 6.45) is 3.59. The molecule has 1 aromatic carbocycles. The molecule has 2 N–H and O–H groups in total. The van der Waals surface area contributed by atoms with Gasteiger partial charge in [-0.1, -0.05) is 12.1 Å². The van der Waals surface area contributed by atoms with Crippen molar-refractivity contribution in [2.24, 2.45) is 0 Å². The molecule has 0 atom stereocenters. The van der Waals surface area contributed by atoms with E-state index in [2.05, 4.69) is 10.3 Å². The number of carbonyl (C=O) groups excluding carboxylic acids is 1. The minimum atomic E-state index is -0.960. The van der Waals surface area contributed by atoms with Crippen LogP contribution in [-0.4, -0.2) is 22.0 Å². The largest absolute Gasteiger partial charge is 0.478 e. The maximum Gasteiger partial charge on any atom is 0.335 e. The molecular weight excluding hydrogens is 256 g/mol. The van der Waals surface area contributed by atoms with Crippen molar-refractivity contribution >= 4 is 11.9 Å². The second kappa shape index (κ2) is 6.47. The molecule has 0 aliphatic rings. The fourth-order valence-electron chi connectivity index (χ4n) is 1.71. The van der Waals surface area contributed by atoms with Crippen LogP contribution in [0.4, 0.5) is 0 Å². The van der Waals surface area contributed by atoms with Crippen molar-refractivity contribution in [2.75, 3.05) is 0 Å². The lowest BCUT2D eigenvalue weighted by Gasteiger charge is -2.05. The molecule has 0 fully saturated rings. The van der Waals surface area contributed by atoms with Gasteiger partial charge in [-0.05, 0) is 35.4 Å². The van der Waals surface area contributed by atoms with Gasteiger partial charge in [-0.25, -0.2) is 4.79 Å². The first-order valence-electron chi connectivity index (χ1n) is 6.13. The van der Waals surface area contributed by atoms with Crippen LogP contribution in [0.5, 0.6) is 0 Å². The number of hydrogen-bond acceptors (Lipinski definition) is 3. The third-order valence-corrected chi connectivity index (χ3v) is 2.80. The smallest absolute Gasteiger partial charge is 0.335 e. The van der Waals surface area contributed by atoms with Crippen LogP contribution in [0.1, 0.15) is 21.5 Å². The summed E-state index contributed by atoms with van der Waals surface area (Å²) in [5.74, 6) is -1.04. The molecule has 1 aromatic heterocycles. The molecule has 0 aliphatic carbocycles. The number of hydrogen-bond donors (Lipinski definition) is 2. The van der Waals surface area contributed by atoms with Crippen molar-refractivity contribution in [3.8, 4) is 0 Å². The van der Waals surface area contributed by atoms with Crippen molar-refractivity contribution in [1.29, 1.82) is 0 Å². The maximum atomic E-state index is 11.7. The Hall–Kier alpha value is -2.69. The van der Waals surface area contributed by atoms with Gasteiger partial charge in [-0.15, -0.1) is 0 Å². The highest BCUT2D eigenvalue weighted by Gasteiger charge is 2.04. The average molecular weight is 270 g/mol. The Morgan fingerprint density at radius 1 is 1.00 bits per heavy atom. The van der Waals surface area contributed by atoms with Crippen LogP contribution < -0.4 is 5.32 Å². The molecule has 0 saturated heterocycles. The van der Waals surface area contributed by atoms with Crippen molar-refractivity contribution in [3.63, 3.8) is 0 Å². The summed E-state index contributed by atoms with van der Waals surface area (Å²) in [5.41, 5.74) is 1.99. The van der Waals surface area contributed by atoms with Crippen molar-refractivity contribution in [3.05, 3.63) is 65.5 Å². The molecule has 0 unspecified atom stereocenters. The number of carboxylic acids is 1. The molecule has 0 radical (unpaired) electrons. The molecular formula is C15H14N2O3. The number of amides is 1. The number of aromatic nitrogens is 1. The highest BCUT2D eigenvalue weighted by molar-refractivity contribution is 5.87. The van der Waals surface area contributed by atoms with E-state index in [1.54, 1.807) is 36.7 Å². The van der Waals surface area contributed by atoms with E-state index in [0.29, 0.717) is 13.0 Å². The first-order chi connectivity index (χ1) is 9.65. The van der Waals surface area contributed by atoms with E-state index in [0.717, 1.165) is 11.1 Å². The minimum Gasteiger partial charge on any atom is -0.478 e. The van der Waals surface area contributed by atoms with Gasteiger partial charge >= 0.3 is 5.97 Å². The summed E-state index contributed by atoms with van der Waals surface area (Å²) >= 11 is 0. The van der Waals surface area contributed by atoms with Crippen LogP contribution >= 0.6 is 0 Å². The standard InChI is InChI=1S/C15H14N2O3/c18-14(9-11-5-7-16-8-6-11)17-10-12-1-3-13(4-2-12)15(19)20/h1-8H,9-10H2,(H,17,18)(H,19,20). The van der Waals surface area contributed by atoms with Gasteiger partial charge in [0.05, 0.1) is 12.0 Å². The van der Waals surface area contributed by atoms with Gasteiger partial charge in [0, 0.05) is 18.9 Å². The summed E-state index contributed by atoms with van der Waals surface area (Å²) in [6.45, 7) is 0.379. The van der Waals surface area contributed by atoms with E-state index >= 15 is 0 Å². The van der Waals surface area contributed by atoms with Crippen LogP contribution in [-0.2, 0) is 17.8 Å². The molecule has 102 valence electrons. The molecule has 20 heavy (non-hydrogen) atoms. The number of benzene rings is 1. The molecule has 2 aromatic rings. The molecule has 5 heteroatoms. The summed E-state index contributed by atoms with van der Waals surface area (Å²) in [6, 6.07) is 10.0. The highest BCUT2D eigenvalue weighted by atomic mass is 16.4. The average Bonchev–Trinajstić information content (AvgIpc) is 2.46. The number of carbonyl (C=O) groups is 2. The third kappa shape index (κ3) is 3.91. The van der Waals surface area contributed by atoms with E-state index < -0.39 is 5.97 Å². The summed E-state index contributed by atoms with van der Waals surface area (Å²) < 4.78 is 0. The lowest BCUT2D eigenvalue weighted by atomic mass is 10.1. The summed E-state index contributed by atoms with van der Waals surface area (Å²) in [5, 5.41) is 11.6. The second-order valence-electron chi connectivity index (χ2n) is 4.31. The van der Waals surface area contributed by atoms with E-state index in [1.807, 2.05) is 0 Å². The Balaban J connectivity index is 1.85. The lowest BCUT2D eigenvalue weighted by molar-refractivity contribution is -0.120. The minimum absolute atomic E-state index is 0.0847. The van der Waals surface area contributed by atoms with Crippen LogP contribution in [0.3, 0.4) is 0 Å². The molecule has 0 aliphatic heterocycles. The molecule has 0 bridgehead atoms. The van der Waals surface area contributed by atoms with Crippen LogP contribution in [0.2, 0.25) is 0 Å². The van der Waals surface area contributed by atoms with Gasteiger partial charge in [0.1, 0.15) is 0 Å². The van der Waals surface area contributed by atoms with Gasteiger partial charge in [0.25, 0.3) is 0 Å². The monoisotopic (exact) mass is 270 g/mol. The van der Waals surface area contributed by atoms with Crippen molar-refractivity contribution < 1.29 is 14.7 Å². The SMILES string of the molecule is O=C(Cc1ccncc1)NCc1ccc(C(=O)O)cc1. The number of nitrogens with one attached hydrogen (secondary N) is 1.